The summed E-state index contributed by atoms with van der Waals surface area (Å²) in [5, 5.41) is 3.76. The molecule has 0 atom stereocenters. The quantitative estimate of drug-likeness (QED) is 0.399. The normalized spacial score (nSPS) is 11.5. The number of methoxy groups -OCH3 is 2. The van der Waals surface area contributed by atoms with Gasteiger partial charge in [-0.25, -0.2) is 4.79 Å². The van der Waals surface area contributed by atoms with Gasteiger partial charge in [0, 0.05) is 11.6 Å². The largest absolute Gasteiger partial charge is 0.493 e. The highest BCUT2D eigenvalue weighted by Crippen LogP contribution is 2.31. The number of carbonyl (C=O) groups excluding carboxylic acids is 1. The molecule has 1 aromatic heterocycles. The first-order valence-corrected chi connectivity index (χ1v) is 8.87. The summed E-state index contributed by atoms with van der Waals surface area (Å²) in [5.41, 5.74) is 0.305. The lowest BCUT2D eigenvalue weighted by molar-refractivity contribution is -0.137. The van der Waals surface area contributed by atoms with Crippen LogP contribution in [0.15, 0.2) is 53.1 Å². The molecule has 10 heteroatoms. The number of hydrogen-bond acceptors (Lipinski definition) is 7. The second-order valence-electron chi connectivity index (χ2n) is 6.14. The number of carbonyl (C=O) groups is 1. The van der Waals surface area contributed by atoms with E-state index >= 15 is 0 Å². The van der Waals surface area contributed by atoms with Gasteiger partial charge in [-0.05, 0) is 35.9 Å². The third-order valence-corrected chi connectivity index (χ3v) is 4.09. The molecule has 0 aliphatic carbocycles. The topological polar surface area (TPSA) is 83.7 Å². The summed E-state index contributed by atoms with van der Waals surface area (Å²) in [5.74, 6) is 0.593. The molecule has 0 saturated carbocycles. The summed E-state index contributed by atoms with van der Waals surface area (Å²) < 4.78 is 58.6. The van der Waals surface area contributed by atoms with Crippen molar-refractivity contribution in [1.29, 1.82) is 0 Å². The summed E-state index contributed by atoms with van der Waals surface area (Å²) in [6.45, 7) is -0.0820. The van der Waals surface area contributed by atoms with Crippen molar-refractivity contribution in [2.75, 3.05) is 14.2 Å². The first-order chi connectivity index (χ1) is 14.8. The van der Waals surface area contributed by atoms with E-state index in [1.165, 1.54) is 32.4 Å². The fraction of sp³-hybridized carbons (Fsp3) is 0.190. The second-order valence-corrected chi connectivity index (χ2v) is 6.14. The fourth-order valence-electron chi connectivity index (χ4n) is 2.52. The average Bonchev–Trinajstić information content (AvgIpc) is 3.24. The second kappa shape index (κ2) is 9.33. The Morgan fingerprint density at radius 3 is 2.48 bits per heavy atom. The lowest BCUT2D eigenvalue weighted by Gasteiger charge is -2.09. The molecule has 0 N–H and O–H groups in total. The summed E-state index contributed by atoms with van der Waals surface area (Å²) >= 11 is 0. The number of halogens is 3. The van der Waals surface area contributed by atoms with Crippen LogP contribution >= 0.6 is 0 Å². The minimum Gasteiger partial charge on any atom is -0.493 e. The van der Waals surface area contributed by atoms with Crippen LogP contribution in [0.4, 0.5) is 13.2 Å². The van der Waals surface area contributed by atoms with Crippen LogP contribution in [0.2, 0.25) is 0 Å². The predicted octanol–water partition coefficient (Wildman–Crippen LogP) is 4.53. The van der Waals surface area contributed by atoms with Crippen molar-refractivity contribution in [2.45, 2.75) is 12.8 Å². The van der Waals surface area contributed by atoms with Crippen molar-refractivity contribution < 1.29 is 36.7 Å². The van der Waals surface area contributed by atoms with Gasteiger partial charge in [0.25, 0.3) is 5.89 Å². The molecule has 1 heterocycles. The van der Waals surface area contributed by atoms with Gasteiger partial charge in [-0.3, -0.25) is 0 Å². The molecule has 0 spiro atoms. The van der Waals surface area contributed by atoms with E-state index in [4.69, 9.17) is 14.0 Å². The minimum absolute atomic E-state index is 0.0820. The Bertz CT molecular complexity index is 1080. The maximum absolute atomic E-state index is 12.7. The van der Waals surface area contributed by atoms with E-state index in [1.54, 1.807) is 24.3 Å². The van der Waals surface area contributed by atoms with Crippen molar-refractivity contribution in [2.24, 2.45) is 0 Å². The highest BCUT2D eigenvalue weighted by atomic mass is 19.4. The molecule has 0 saturated heterocycles. The first-order valence-electron chi connectivity index (χ1n) is 8.87. The Morgan fingerprint density at radius 2 is 1.84 bits per heavy atom. The van der Waals surface area contributed by atoms with E-state index in [0.717, 1.165) is 12.1 Å². The number of hydrogen-bond donors (Lipinski definition) is 0. The SMILES string of the molecule is COC(=O)/C=C/c1ccc(OCc2nc(-c3ccc(C(F)(F)F)cc3)no2)c(OC)c1. The van der Waals surface area contributed by atoms with Gasteiger partial charge < -0.3 is 18.7 Å². The lowest BCUT2D eigenvalue weighted by Crippen LogP contribution is -2.04. The number of ether oxygens (including phenoxy) is 3. The number of esters is 1. The van der Waals surface area contributed by atoms with Gasteiger partial charge in [-0.15, -0.1) is 0 Å². The molecule has 162 valence electrons. The number of aromatic nitrogens is 2. The van der Waals surface area contributed by atoms with Crippen LogP contribution in [-0.2, 0) is 22.3 Å². The van der Waals surface area contributed by atoms with Crippen LogP contribution in [0.1, 0.15) is 17.0 Å². The molecule has 0 fully saturated rings. The molecule has 0 bridgehead atoms. The Labute approximate surface area is 175 Å². The number of alkyl halides is 3. The van der Waals surface area contributed by atoms with Crippen LogP contribution in [0.5, 0.6) is 11.5 Å². The van der Waals surface area contributed by atoms with Gasteiger partial charge >= 0.3 is 12.1 Å². The maximum Gasteiger partial charge on any atom is 0.416 e. The highest BCUT2D eigenvalue weighted by Gasteiger charge is 2.30. The van der Waals surface area contributed by atoms with Gasteiger partial charge in [-0.2, -0.15) is 18.2 Å². The zero-order valence-corrected chi connectivity index (χ0v) is 16.5. The molecule has 3 rings (SSSR count). The molecular weight excluding hydrogens is 417 g/mol. The van der Waals surface area contributed by atoms with Crippen LogP contribution < -0.4 is 9.47 Å². The maximum atomic E-state index is 12.7. The summed E-state index contributed by atoms with van der Waals surface area (Å²) in [4.78, 5) is 15.3. The molecule has 3 aromatic rings. The van der Waals surface area contributed by atoms with Gasteiger partial charge in [0.1, 0.15) is 0 Å². The van der Waals surface area contributed by atoms with Gasteiger partial charge in [0.05, 0.1) is 19.8 Å². The molecular formula is C21H17F3N2O5. The molecule has 0 aliphatic heterocycles. The number of benzene rings is 2. The van der Waals surface area contributed by atoms with Crippen molar-refractivity contribution in [3.8, 4) is 22.9 Å². The smallest absolute Gasteiger partial charge is 0.416 e. The van der Waals surface area contributed by atoms with Crippen molar-refractivity contribution in [3.63, 3.8) is 0 Å². The van der Waals surface area contributed by atoms with E-state index < -0.39 is 17.7 Å². The van der Waals surface area contributed by atoms with Gasteiger partial charge in [0.15, 0.2) is 18.1 Å². The summed E-state index contributed by atoms with van der Waals surface area (Å²) in [6.07, 6.45) is -1.58. The molecule has 31 heavy (non-hydrogen) atoms. The van der Waals surface area contributed by atoms with E-state index in [1.807, 2.05) is 0 Å². The Balaban J connectivity index is 1.67. The number of nitrogens with zero attached hydrogens (tertiary/aromatic N) is 2. The summed E-state index contributed by atoms with van der Waals surface area (Å²) in [6, 6.07) is 9.44. The van der Waals surface area contributed by atoms with Gasteiger partial charge in [-0.1, -0.05) is 23.4 Å². The van der Waals surface area contributed by atoms with E-state index in [0.29, 0.717) is 22.6 Å². The van der Waals surface area contributed by atoms with E-state index in [-0.39, 0.29) is 18.3 Å². The molecule has 0 aliphatic rings. The minimum atomic E-state index is -4.42. The van der Waals surface area contributed by atoms with Crippen LogP contribution in [-0.4, -0.2) is 30.3 Å². The van der Waals surface area contributed by atoms with Crippen LogP contribution in [0, 0.1) is 0 Å². The van der Waals surface area contributed by atoms with Crippen LogP contribution in [0.25, 0.3) is 17.5 Å². The van der Waals surface area contributed by atoms with E-state index in [2.05, 4.69) is 14.9 Å². The molecule has 0 radical (unpaired) electrons. The highest BCUT2D eigenvalue weighted by molar-refractivity contribution is 5.87. The standard InChI is InChI=1S/C21H17F3N2O5/c1-28-17-11-13(4-10-19(27)29-2)3-9-16(17)30-12-18-25-20(26-31-18)14-5-7-15(8-6-14)21(22,23)24/h3-11H,12H2,1-2H3/b10-4+. The van der Waals surface area contributed by atoms with Crippen LogP contribution in [0.3, 0.4) is 0 Å². The number of rotatable bonds is 7. The fourth-order valence-corrected chi connectivity index (χ4v) is 2.52. The summed E-state index contributed by atoms with van der Waals surface area (Å²) in [7, 11) is 2.75. The Morgan fingerprint density at radius 1 is 1.10 bits per heavy atom. The third kappa shape index (κ3) is 5.62. The Kier molecular flexibility index (Phi) is 6.58. The van der Waals surface area contributed by atoms with Crippen molar-refractivity contribution >= 4 is 12.0 Å². The van der Waals surface area contributed by atoms with E-state index in [9.17, 15) is 18.0 Å². The first kappa shape index (κ1) is 21.9. The molecule has 0 amide bonds. The molecule has 0 unspecified atom stereocenters. The van der Waals surface area contributed by atoms with Crippen molar-refractivity contribution in [1.82, 2.24) is 10.1 Å². The molecule has 2 aromatic carbocycles. The van der Waals surface area contributed by atoms with Crippen molar-refractivity contribution in [3.05, 3.63) is 65.6 Å². The lowest BCUT2D eigenvalue weighted by atomic mass is 10.1. The predicted molar refractivity (Wildman–Crippen MR) is 103 cm³/mol. The molecule has 7 nitrogen and oxygen atoms in total. The van der Waals surface area contributed by atoms with Gasteiger partial charge in [0.2, 0.25) is 5.82 Å². The average molecular weight is 434 g/mol. The monoisotopic (exact) mass is 434 g/mol. The zero-order chi connectivity index (χ0) is 22.4. The Hall–Kier alpha value is -3.82. The zero-order valence-electron chi connectivity index (χ0n) is 16.5. The third-order valence-electron chi connectivity index (χ3n) is 4.09.